The summed E-state index contributed by atoms with van der Waals surface area (Å²) < 4.78 is 6.98. The number of nitrogens with zero attached hydrogens (tertiary/aromatic N) is 4. The molecule has 1 saturated heterocycles. The van der Waals surface area contributed by atoms with Crippen LogP contribution in [0, 0.1) is 0 Å². The average Bonchev–Trinajstić information content (AvgIpc) is 2.99. The molecule has 22 heavy (non-hydrogen) atoms. The third-order valence-corrected chi connectivity index (χ3v) is 3.52. The topological polar surface area (TPSA) is 77.3 Å². The molecule has 7 nitrogen and oxygen atoms in total. The van der Waals surface area contributed by atoms with Gasteiger partial charge in [-0.15, -0.1) is 0 Å². The van der Waals surface area contributed by atoms with Crippen LogP contribution in [0.4, 0.5) is 0 Å². The van der Waals surface area contributed by atoms with E-state index in [4.69, 9.17) is 4.74 Å². The van der Waals surface area contributed by atoms with Gasteiger partial charge in [0, 0.05) is 37.6 Å². The van der Waals surface area contributed by atoms with E-state index >= 15 is 0 Å². The number of hydrogen-bond acceptors (Lipinski definition) is 5. The van der Waals surface area contributed by atoms with Gasteiger partial charge in [0.2, 0.25) is 5.91 Å². The second-order valence-corrected chi connectivity index (χ2v) is 5.07. The minimum atomic E-state index is -0.278. The lowest BCUT2D eigenvalue weighted by Crippen LogP contribution is -2.36. The van der Waals surface area contributed by atoms with E-state index in [0.717, 1.165) is 12.2 Å². The zero-order valence-corrected chi connectivity index (χ0v) is 12.0. The molecule has 3 rings (SSSR count). The molecule has 1 aliphatic heterocycles. The first-order valence-electron chi connectivity index (χ1n) is 7.09. The maximum Gasteiger partial charge on any atom is 0.267 e. The van der Waals surface area contributed by atoms with Crippen LogP contribution in [0.2, 0.25) is 0 Å². The first-order chi connectivity index (χ1) is 10.7. The van der Waals surface area contributed by atoms with E-state index in [-0.39, 0.29) is 24.1 Å². The highest BCUT2D eigenvalue weighted by atomic mass is 16.5. The Labute approximate surface area is 127 Å². The van der Waals surface area contributed by atoms with Crippen LogP contribution in [-0.2, 0) is 11.3 Å². The van der Waals surface area contributed by atoms with E-state index < -0.39 is 0 Å². The van der Waals surface area contributed by atoms with Crippen LogP contribution < -0.4 is 10.3 Å². The van der Waals surface area contributed by atoms with Crippen molar-refractivity contribution in [2.24, 2.45) is 0 Å². The molecule has 0 radical (unpaired) electrons. The summed E-state index contributed by atoms with van der Waals surface area (Å²) >= 11 is 0. The number of pyridine rings is 1. The van der Waals surface area contributed by atoms with Crippen molar-refractivity contribution in [3.8, 4) is 5.75 Å². The van der Waals surface area contributed by atoms with E-state index in [1.807, 2.05) is 0 Å². The smallest absolute Gasteiger partial charge is 0.267 e. The van der Waals surface area contributed by atoms with Crippen molar-refractivity contribution in [3.05, 3.63) is 53.2 Å². The van der Waals surface area contributed by atoms with Gasteiger partial charge in [-0.25, -0.2) is 4.68 Å². The Kier molecular flexibility index (Phi) is 4.13. The summed E-state index contributed by atoms with van der Waals surface area (Å²) in [4.78, 5) is 29.4. The van der Waals surface area contributed by atoms with Gasteiger partial charge in [-0.2, -0.15) is 5.10 Å². The highest BCUT2D eigenvalue weighted by molar-refractivity contribution is 5.76. The van der Waals surface area contributed by atoms with Gasteiger partial charge in [-0.1, -0.05) is 0 Å². The summed E-state index contributed by atoms with van der Waals surface area (Å²) in [5, 5.41) is 3.89. The normalized spacial score (nSPS) is 17.5. The van der Waals surface area contributed by atoms with Crippen LogP contribution >= 0.6 is 0 Å². The molecule has 7 heteroatoms. The molecule has 2 aromatic heterocycles. The second-order valence-electron chi connectivity index (χ2n) is 5.07. The van der Waals surface area contributed by atoms with Gasteiger partial charge in [0.1, 0.15) is 18.4 Å². The van der Waals surface area contributed by atoms with Crippen LogP contribution in [0.15, 0.2) is 47.7 Å². The zero-order chi connectivity index (χ0) is 15.4. The minimum absolute atomic E-state index is 0.0354. The zero-order valence-electron chi connectivity index (χ0n) is 12.0. The Morgan fingerprint density at radius 3 is 2.86 bits per heavy atom. The molecule has 0 aliphatic carbocycles. The van der Waals surface area contributed by atoms with Crippen LogP contribution in [0.3, 0.4) is 0 Å². The van der Waals surface area contributed by atoms with Crippen molar-refractivity contribution in [1.82, 2.24) is 19.7 Å². The predicted molar refractivity (Wildman–Crippen MR) is 78.3 cm³/mol. The van der Waals surface area contributed by atoms with E-state index in [1.165, 1.54) is 16.9 Å². The lowest BCUT2D eigenvalue weighted by Gasteiger charge is -2.17. The van der Waals surface area contributed by atoms with E-state index in [0.29, 0.717) is 13.1 Å². The summed E-state index contributed by atoms with van der Waals surface area (Å²) in [5.41, 5.74) is -0.278. The number of likely N-dealkylation sites (tertiary alicyclic amines) is 1. The van der Waals surface area contributed by atoms with Gasteiger partial charge in [-0.3, -0.25) is 14.6 Å². The summed E-state index contributed by atoms with van der Waals surface area (Å²) in [6.45, 7) is 1.10. The first-order valence-corrected chi connectivity index (χ1v) is 7.09. The number of amides is 1. The molecule has 3 heterocycles. The molecule has 1 aliphatic rings. The van der Waals surface area contributed by atoms with Gasteiger partial charge in [-0.05, 0) is 18.2 Å². The molecular weight excluding hydrogens is 284 g/mol. The summed E-state index contributed by atoms with van der Waals surface area (Å²) in [7, 11) is 0. The standard InChI is InChI=1S/C15H16N4O3/c20-14-2-1-6-17-19(14)11-15(21)18-9-5-13(10-18)22-12-3-7-16-8-4-12/h1-4,6-8,13H,5,9-11H2. The molecule has 1 amide bonds. The van der Waals surface area contributed by atoms with Crippen LogP contribution in [0.25, 0.3) is 0 Å². The number of ether oxygens (including phenoxy) is 1. The molecule has 0 N–H and O–H groups in total. The molecule has 0 bridgehead atoms. The molecule has 0 spiro atoms. The molecular formula is C15H16N4O3. The third-order valence-electron chi connectivity index (χ3n) is 3.52. The van der Waals surface area contributed by atoms with E-state index in [9.17, 15) is 9.59 Å². The number of carbonyl (C=O) groups excluding carboxylic acids is 1. The number of aromatic nitrogens is 3. The molecule has 1 atom stereocenters. The fourth-order valence-corrected chi connectivity index (χ4v) is 2.39. The monoisotopic (exact) mass is 300 g/mol. The maximum absolute atomic E-state index is 12.2. The minimum Gasteiger partial charge on any atom is -0.488 e. The van der Waals surface area contributed by atoms with Crippen LogP contribution in [-0.4, -0.2) is 44.8 Å². The van der Waals surface area contributed by atoms with Crippen molar-refractivity contribution in [3.63, 3.8) is 0 Å². The van der Waals surface area contributed by atoms with Crippen LogP contribution in [0.5, 0.6) is 5.75 Å². The SMILES string of the molecule is O=C(Cn1ncccc1=O)N1CCC(Oc2ccncc2)C1. The summed E-state index contributed by atoms with van der Waals surface area (Å²) in [6.07, 6.45) is 5.56. The highest BCUT2D eigenvalue weighted by Crippen LogP contribution is 2.17. The lowest BCUT2D eigenvalue weighted by molar-refractivity contribution is -0.131. The van der Waals surface area contributed by atoms with Crippen LogP contribution in [0.1, 0.15) is 6.42 Å². The Morgan fingerprint density at radius 2 is 2.09 bits per heavy atom. The van der Waals surface area contributed by atoms with Crippen molar-refractivity contribution < 1.29 is 9.53 Å². The molecule has 0 aromatic carbocycles. The highest BCUT2D eigenvalue weighted by Gasteiger charge is 2.27. The molecule has 2 aromatic rings. The fourth-order valence-electron chi connectivity index (χ4n) is 2.39. The molecule has 114 valence electrons. The van der Waals surface area contributed by atoms with Gasteiger partial charge < -0.3 is 9.64 Å². The lowest BCUT2D eigenvalue weighted by atomic mass is 10.3. The number of carbonyl (C=O) groups is 1. The Balaban J connectivity index is 1.57. The molecule has 1 unspecified atom stereocenters. The Hall–Kier alpha value is -2.70. The predicted octanol–water partition coefficient (Wildman–Crippen LogP) is 0.318. The van der Waals surface area contributed by atoms with Crippen molar-refractivity contribution >= 4 is 5.91 Å². The second kappa shape index (κ2) is 6.38. The summed E-state index contributed by atoms with van der Waals surface area (Å²) in [5.74, 6) is 0.622. The van der Waals surface area contributed by atoms with Crippen molar-refractivity contribution in [2.45, 2.75) is 19.1 Å². The summed E-state index contributed by atoms with van der Waals surface area (Å²) in [6, 6.07) is 6.52. The van der Waals surface area contributed by atoms with E-state index in [1.54, 1.807) is 35.5 Å². The van der Waals surface area contributed by atoms with Gasteiger partial charge in [0.25, 0.3) is 5.56 Å². The van der Waals surface area contributed by atoms with Crippen molar-refractivity contribution in [1.29, 1.82) is 0 Å². The number of hydrogen-bond donors (Lipinski definition) is 0. The molecule has 0 saturated carbocycles. The fraction of sp³-hybridized carbons (Fsp3) is 0.333. The van der Waals surface area contributed by atoms with E-state index in [2.05, 4.69) is 10.1 Å². The largest absolute Gasteiger partial charge is 0.488 e. The molecule has 1 fully saturated rings. The Bertz CT molecular complexity index is 701. The van der Waals surface area contributed by atoms with Gasteiger partial charge >= 0.3 is 0 Å². The number of rotatable bonds is 4. The quantitative estimate of drug-likeness (QED) is 0.812. The van der Waals surface area contributed by atoms with Gasteiger partial charge in [0.05, 0.1) is 6.54 Å². The first kappa shape index (κ1) is 14.2. The third kappa shape index (κ3) is 3.30. The average molecular weight is 300 g/mol. The van der Waals surface area contributed by atoms with Crippen molar-refractivity contribution in [2.75, 3.05) is 13.1 Å². The van der Waals surface area contributed by atoms with Gasteiger partial charge in [0.15, 0.2) is 0 Å². The maximum atomic E-state index is 12.2. The Morgan fingerprint density at radius 1 is 1.27 bits per heavy atom.